The largest absolute Gasteiger partial charge is 2.00 e. The molecule has 4 unspecified atom stereocenters. The molecule has 4 fully saturated rings. The number of rotatable bonds is 1. The topological polar surface area (TPSA) is 29.8 Å². The van der Waals surface area contributed by atoms with Crippen LogP contribution in [0.2, 0.25) is 0 Å². The van der Waals surface area contributed by atoms with E-state index in [1.807, 2.05) is 0 Å². The Labute approximate surface area is 199 Å². The normalized spacial score (nSPS) is 31.9. The standard InChI is InChI=1S/C14H28N2.C5H8NO.C4H9.U/c1-13(2,3)10-15-8-12-7-11(15)9-16(12)14(4,5)6;1-4-3-7-5(1)2-6-4;1-4(2)3;/h11-12H,7-10H2,1-6H3;4-5H,1-3H2;1-3H3;/q;2*-1;+2. The fourth-order valence-corrected chi connectivity index (χ4v) is 4.58. The first-order chi connectivity index (χ1) is 12.3. The van der Waals surface area contributed by atoms with Gasteiger partial charge in [0.2, 0.25) is 0 Å². The van der Waals surface area contributed by atoms with Crippen molar-refractivity contribution in [1.29, 1.82) is 0 Å². The van der Waals surface area contributed by atoms with Crippen LogP contribution < -0.4 is 0 Å². The van der Waals surface area contributed by atoms with Crippen LogP contribution in [0.15, 0.2) is 0 Å². The maximum atomic E-state index is 5.26. The Bertz CT molecular complexity index is 437. The summed E-state index contributed by atoms with van der Waals surface area (Å²) in [6, 6.07) is 2.21. The minimum atomic E-state index is 0. The van der Waals surface area contributed by atoms with Gasteiger partial charge in [0, 0.05) is 50.0 Å². The van der Waals surface area contributed by atoms with Crippen molar-refractivity contribution >= 4 is 0 Å². The number of fused-ring (bicyclic) bond motifs is 4. The van der Waals surface area contributed by atoms with Gasteiger partial charge in [-0.25, -0.2) is 0 Å². The third-order valence-electron chi connectivity index (χ3n) is 5.52. The average molecular weight is 618 g/mol. The average Bonchev–Trinajstić information content (AvgIpc) is 3.26. The zero-order valence-electron chi connectivity index (χ0n) is 20.0. The molecule has 0 N–H and O–H groups in total. The van der Waals surface area contributed by atoms with Gasteiger partial charge in [-0.05, 0) is 39.0 Å². The molecule has 0 aromatic carbocycles. The number of likely N-dealkylation sites (tertiary alicyclic amines) is 2. The molecule has 4 bridgehead atoms. The zero-order chi connectivity index (χ0) is 20.4. The molecule has 0 aromatic rings. The molecule has 0 aromatic heterocycles. The van der Waals surface area contributed by atoms with E-state index in [4.69, 9.17) is 4.74 Å². The summed E-state index contributed by atoms with van der Waals surface area (Å²) >= 11 is 0. The van der Waals surface area contributed by atoms with Crippen LogP contribution in [0, 0.1) is 42.4 Å². The Morgan fingerprint density at radius 2 is 1.57 bits per heavy atom. The Morgan fingerprint density at radius 1 is 0.964 bits per heavy atom. The van der Waals surface area contributed by atoms with Gasteiger partial charge in [-0.15, -0.1) is 12.6 Å². The van der Waals surface area contributed by atoms with Crippen molar-refractivity contribution in [1.82, 2.24) is 9.80 Å². The van der Waals surface area contributed by atoms with Crippen LogP contribution in [0.25, 0.3) is 5.32 Å². The molecule has 0 aliphatic carbocycles. The van der Waals surface area contributed by atoms with Gasteiger partial charge in [0.25, 0.3) is 0 Å². The van der Waals surface area contributed by atoms with Crippen molar-refractivity contribution in [2.75, 3.05) is 32.8 Å². The van der Waals surface area contributed by atoms with Crippen LogP contribution in [-0.2, 0) is 4.74 Å². The van der Waals surface area contributed by atoms with Gasteiger partial charge in [0.05, 0.1) is 0 Å². The Kier molecular flexibility index (Phi) is 10.5. The molecule has 5 heteroatoms. The first-order valence-electron chi connectivity index (χ1n) is 10.9. The van der Waals surface area contributed by atoms with Crippen LogP contribution in [0.3, 0.4) is 0 Å². The molecule has 4 atom stereocenters. The predicted molar refractivity (Wildman–Crippen MR) is 116 cm³/mol. The minimum absolute atomic E-state index is 0. The van der Waals surface area contributed by atoms with Gasteiger partial charge in [-0.2, -0.15) is 20.8 Å². The number of hydrogen-bond acceptors (Lipinski definition) is 3. The van der Waals surface area contributed by atoms with Gasteiger partial charge in [0.15, 0.2) is 0 Å². The van der Waals surface area contributed by atoms with E-state index >= 15 is 0 Å². The van der Waals surface area contributed by atoms with E-state index in [0.717, 1.165) is 25.2 Å². The summed E-state index contributed by atoms with van der Waals surface area (Å²) < 4.78 is 5.26. The second kappa shape index (κ2) is 11.0. The van der Waals surface area contributed by atoms with Crippen LogP contribution in [0.5, 0.6) is 0 Å². The van der Waals surface area contributed by atoms with Crippen LogP contribution in [0.4, 0.5) is 0 Å². The van der Waals surface area contributed by atoms with Gasteiger partial charge in [0.1, 0.15) is 0 Å². The Hall–Kier alpha value is 0.892. The van der Waals surface area contributed by atoms with Crippen LogP contribution >= 0.6 is 0 Å². The summed E-state index contributed by atoms with van der Waals surface area (Å²) in [5.41, 5.74) is 0.796. The van der Waals surface area contributed by atoms with Crippen LogP contribution in [-0.4, -0.2) is 72.4 Å². The van der Waals surface area contributed by atoms with Crippen molar-refractivity contribution < 1.29 is 35.9 Å². The van der Waals surface area contributed by atoms with Gasteiger partial charge < -0.3 is 16.0 Å². The van der Waals surface area contributed by atoms with Crippen LogP contribution in [0.1, 0.15) is 75.2 Å². The summed E-state index contributed by atoms with van der Waals surface area (Å²) in [5.74, 6) is 1.42. The van der Waals surface area contributed by atoms with Gasteiger partial charge >= 0.3 is 31.1 Å². The summed E-state index contributed by atoms with van der Waals surface area (Å²) in [7, 11) is 0. The molecule has 28 heavy (non-hydrogen) atoms. The van der Waals surface area contributed by atoms with E-state index in [2.05, 4.69) is 77.4 Å². The number of piperazine rings is 1. The molecule has 0 radical (unpaired) electrons. The second-order valence-electron chi connectivity index (χ2n) is 11.6. The molecular weight excluding hydrogens is 572 g/mol. The van der Waals surface area contributed by atoms with Crippen molar-refractivity contribution in [3.8, 4) is 0 Å². The molecular formula is C23H45N3OU. The van der Waals surface area contributed by atoms with E-state index in [0.29, 0.717) is 23.1 Å². The fourth-order valence-electron chi connectivity index (χ4n) is 4.58. The first kappa shape index (κ1) is 26.9. The molecule has 4 aliphatic heterocycles. The number of morpholine rings is 1. The SMILES string of the molecule is C1OC2C[N-]C1C2.CC(C)(C)CN1CC2CC1CN2C(C)(C)C.C[C-](C)C.[U+2]. The quantitative estimate of drug-likeness (QED) is 0.399. The fraction of sp³-hybridized carbons (Fsp3) is 0.957. The van der Waals surface area contributed by atoms with Crippen molar-refractivity contribution in [2.45, 2.75) is 105 Å². The number of hydrogen-bond donors (Lipinski definition) is 0. The van der Waals surface area contributed by atoms with Gasteiger partial charge in [-0.3, -0.25) is 9.80 Å². The predicted octanol–water partition coefficient (Wildman–Crippen LogP) is 4.74. The summed E-state index contributed by atoms with van der Waals surface area (Å²) in [6.45, 7) is 26.0. The van der Waals surface area contributed by atoms with Gasteiger partial charge in [-0.1, -0.05) is 20.8 Å². The molecule has 0 saturated carbocycles. The molecule has 0 spiro atoms. The Balaban J connectivity index is 0.000000269. The van der Waals surface area contributed by atoms with Crippen molar-refractivity contribution in [3.05, 3.63) is 11.2 Å². The maximum Gasteiger partial charge on any atom is 2.00 e. The van der Waals surface area contributed by atoms with E-state index in [-0.39, 0.29) is 31.1 Å². The van der Waals surface area contributed by atoms with E-state index < -0.39 is 0 Å². The molecule has 4 saturated heterocycles. The molecule has 4 heterocycles. The van der Waals surface area contributed by atoms with E-state index in [9.17, 15) is 0 Å². The first-order valence-corrected chi connectivity index (χ1v) is 10.9. The zero-order valence-corrected chi connectivity index (χ0v) is 24.2. The molecule has 162 valence electrons. The minimum Gasteiger partial charge on any atom is -0.655 e. The third-order valence-corrected chi connectivity index (χ3v) is 5.52. The molecule has 4 aliphatic rings. The van der Waals surface area contributed by atoms with E-state index in [1.165, 1.54) is 38.4 Å². The smallest absolute Gasteiger partial charge is 0.655 e. The number of nitrogens with zero attached hydrogens (tertiary/aromatic N) is 3. The third kappa shape index (κ3) is 8.56. The van der Waals surface area contributed by atoms with E-state index in [1.54, 1.807) is 0 Å². The maximum absolute atomic E-state index is 5.26. The summed E-state index contributed by atoms with van der Waals surface area (Å²) in [4.78, 5) is 5.42. The number of ether oxygens (including phenoxy) is 1. The van der Waals surface area contributed by atoms with Crippen molar-refractivity contribution in [3.63, 3.8) is 0 Å². The monoisotopic (exact) mass is 617 g/mol. The summed E-state index contributed by atoms with van der Waals surface area (Å²) in [6.07, 6.45) is 3.10. The Morgan fingerprint density at radius 3 is 1.82 bits per heavy atom. The molecule has 0 amide bonds. The van der Waals surface area contributed by atoms with Crippen molar-refractivity contribution in [2.24, 2.45) is 5.41 Å². The summed E-state index contributed by atoms with van der Waals surface area (Å²) in [5, 5.41) is 4.28. The molecule has 4 nitrogen and oxygen atoms in total. The molecule has 4 rings (SSSR count). The second-order valence-corrected chi connectivity index (χ2v) is 11.6.